The van der Waals surface area contributed by atoms with Crippen molar-refractivity contribution >= 4 is 0 Å². The molecule has 0 aliphatic rings. The summed E-state index contributed by atoms with van der Waals surface area (Å²) in [7, 11) is 0. The molecule has 0 heterocycles. The Balaban J connectivity index is 5.24. The van der Waals surface area contributed by atoms with Crippen LogP contribution in [0.1, 0.15) is 259 Å². The maximum atomic E-state index is 11.2. The Labute approximate surface area is 423 Å². The van der Waals surface area contributed by atoms with Crippen molar-refractivity contribution in [3.8, 4) is 0 Å². The number of aliphatic hydroxyl groups excluding tert-OH is 4. The lowest BCUT2D eigenvalue weighted by Gasteiger charge is -2.32. The average Bonchev–Trinajstić information content (AvgIpc) is 3.32. The number of nitrogens with zero attached hydrogens (tertiary/aromatic N) is 2. The van der Waals surface area contributed by atoms with Crippen molar-refractivity contribution < 1.29 is 39.4 Å². The van der Waals surface area contributed by atoms with Gasteiger partial charge in [0.25, 0.3) is 0 Å². The van der Waals surface area contributed by atoms with Crippen molar-refractivity contribution in [3.63, 3.8) is 0 Å². The fraction of sp³-hybridized carbons (Fsp3) is 1.00. The van der Waals surface area contributed by atoms with Crippen molar-refractivity contribution in [3.05, 3.63) is 0 Å². The first-order valence-corrected chi connectivity index (χ1v) is 29.8. The second kappa shape index (κ2) is 55.9. The molecule has 0 aromatic rings. The van der Waals surface area contributed by atoms with Crippen LogP contribution in [0.2, 0.25) is 0 Å². The first kappa shape index (κ1) is 67.6. The van der Waals surface area contributed by atoms with Gasteiger partial charge < -0.3 is 39.4 Å². The van der Waals surface area contributed by atoms with E-state index < -0.39 is 24.4 Å². The van der Waals surface area contributed by atoms with Gasteiger partial charge in [-0.2, -0.15) is 0 Å². The quantitative estimate of drug-likeness (QED) is 0.0438. The molecule has 0 saturated heterocycles. The SMILES string of the molecule is CCCCCCCCCCCOCC(O)CN(CCN(CC(O)COCCCCCCCCCCC)CC(O)COCCCCCCCCCCC)CC(O)COCCCCCCCCCCC. The van der Waals surface area contributed by atoms with Crippen molar-refractivity contribution in [2.45, 2.75) is 283 Å². The molecule has 0 rings (SSSR count). The van der Waals surface area contributed by atoms with Gasteiger partial charge in [0.2, 0.25) is 0 Å². The van der Waals surface area contributed by atoms with Crippen LogP contribution in [-0.4, -0.2) is 147 Å². The zero-order chi connectivity index (χ0) is 49.6. The molecule has 0 aliphatic heterocycles. The number of hydrogen-bond acceptors (Lipinski definition) is 10. The van der Waals surface area contributed by atoms with Crippen LogP contribution in [0.15, 0.2) is 0 Å². The van der Waals surface area contributed by atoms with Crippen LogP contribution in [0, 0.1) is 0 Å². The maximum absolute atomic E-state index is 11.2. The van der Waals surface area contributed by atoms with E-state index in [0.717, 1.165) is 51.4 Å². The number of hydrogen-bond donors (Lipinski definition) is 4. The summed E-state index contributed by atoms with van der Waals surface area (Å²) >= 11 is 0. The molecule has 0 aliphatic carbocycles. The third kappa shape index (κ3) is 51.9. The summed E-state index contributed by atoms with van der Waals surface area (Å²) < 4.78 is 23.8. The van der Waals surface area contributed by atoms with Gasteiger partial charge in [-0.3, -0.25) is 9.80 Å². The molecule has 10 heteroatoms. The smallest absolute Gasteiger partial charge is 0.0900 e. The molecule has 0 fully saturated rings. The van der Waals surface area contributed by atoms with Crippen LogP contribution in [0.3, 0.4) is 0 Å². The van der Waals surface area contributed by atoms with E-state index in [-0.39, 0.29) is 26.4 Å². The molecular weight excluding hydrogens is 853 g/mol. The van der Waals surface area contributed by atoms with E-state index in [1.54, 1.807) is 0 Å². The van der Waals surface area contributed by atoms with Crippen LogP contribution in [0.25, 0.3) is 0 Å². The predicted molar refractivity (Wildman–Crippen MR) is 289 cm³/mol. The molecule has 0 amide bonds. The maximum Gasteiger partial charge on any atom is 0.0900 e. The average molecular weight is 974 g/mol. The molecule has 0 aromatic heterocycles. The van der Waals surface area contributed by atoms with Gasteiger partial charge in [-0.15, -0.1) is 0 Å². The minimum Gasteiger partial charge on any atom is -0.389 e. The van der Waals surface area contributed by atoms with Crippen molar-refractivity contribution in [2.75, 3.05) is 92.1 Å². The van der Waals surface area contributed by atoms with Crippen LogP contribution >= 0.6 is 0 Å². The first-order valence-electron chi connectivity index (χ1n) is 29.8. The standard InChI is InChI=1S/C58H120N2O8/c1-5-9-13-17-21-25-29-33-37-43-65-51-55(61)47-59(48-56(62)52-66-44-38-34-30-26-22-18-14-10-6-2)41-42-60(49-57(63)53-67-45-39-35-31-27-23-19-15-11-7-3)50-58(64)54-68-46-40-36-32-28-24-20-16-12-8-4/h55-58,61-64H,5-54H2,1-4H3. The molecule has 68 heavy (non-hydrogen) atoms. The highest BCUT2D eigenvalue weighted by Gasteiger charge is 2.21. The molecule has 0 aromatic carbocycles. The van der Waals surface area contributed by atoms with Gasteiger partial charge >= 0.3 is 0 Å². The van der Waals surface area contributed by atoms with Crippen molar-refractivity contribution in [1.82, 2.24) is 9.80 Å². The highest BCUT2D eigenvalue weighted by Crippen LogP contribution is 2.14. The Hall–Kier alpha value is -0.400. The Bertz CT molecular complexity index is 797. The highest BCUT2D eigenvalue weighted by molar-refractivity contribution is 4.75. The van der Waals surface area contributed by atoms with Gasteiger partial charge in [0, 0.05) is 65.7 Å². The summed E-state index contributed by atoms with van der Waals surface area (Å²) in [5, 5.41) is 44.7. The molecule has 0 radical (unpaired) electrons. The Morgan fingerprint density at radius 3 is 0.588 bits per heavy atom. The number of unbranched alkanes of at least 4 members (excludes halogenated alkanes) is 32. The second-order valence-electron chi connectivity index (χ2n) is 20.7. The Kier molecular flexibility index (Phi) is 55.6. The molecule has 4 N–H and O–H groups in total. The molecule has 0 bridgehead atoms. The summed E-state index contributed by atoms with van der Waals surface area (Å²) in [4.78, 5) is 4.18. The minimum absolute atomic E-state index is 0.256. The summed E-state index contributed by atoms with van der Waals surface area (Å²) in [5.74, 6) is 0. The molecular formula is C58H120N2O8. The fourth-order valence-corrected chi connectivity index (χ4v) is 9.14. The number of rotatable bonds is 59. The summed E-state index contributed by atoms with van der Waals surface area (Å²) in [6.45, 7) is 15.2. The van der Waals surface area contributed by atoms with E-state index in [9.17, 15) is 20.4 Å². The van der Waals surface area contributed by atoms with E-state index in [0.29, 0.717) is 65.7 Å². The third-order valence-corrected chi connectivity index (χ3v) is 13.4. The van der Waals surface area contributed by atoms with E-state index in [1.807, 2.05) is 0 Å². The van der Waals surface area contributed by atoms with Crippen LogP contribution in [0.4, 0.5) is 0 Å². The van der Waals surface area contributed by atoms with Gasteiger partial charge in [-0.25, -0.2) is 0 Å². The lowest BCUT2D eigenvalue weighted by Crippen LogP contribution is -2.47. The van der Waals surface area contributed by atoms with E-state index in [2.05, 4.69) is 37.5 Å². The molecule has 4 unspecified atom stereocenters. The molecule has 0 spiro atoms. The van der Waals surface area contributed by atoms with Gasteiger partial charge in [-0.05, 0) is 25.7 Å². The van der Waals surface area contributed by atoms with Gasteiger partial charge in [0.05, 0.1) is 50.8 Å². The van der Waals surface area contributed by atoms with Gasteiger partial charge in [0.15, 0.2) is 0 Å². The van der Waals surface area contributed by atoms with E-state index in [1.165, 1.54) is 180 Å². The summed E-state index contributed by atoms with van der Waals surface area (Å²) in [5.41, 5.74) is 0. The van der Waals surface area contributed by atoms with Crippen LogP contribution in [0.5, 0.6) is 0 Å². The summed E-state index contributed by atoms with van der Waals surface area (Å²) in [6, 6.07) is 0. The Morgan fingerprint density at radius 1 is 0.250 bits per heavy atom. The summed E-state index contributed by atoms with van der Waals surface area (Å²) in [6.07, 6.45) is 42.5. The topological polar surface area (TPSA) is 124 Å². The Morgan fingerprint density at radius 2 is 0.412 bits per heavy atom. The fourth-order valence-electron chi connectivity index (χ4n) is 9.14. The third-order valence-electron chi connectivity index (χ3n) is 13.4. The largest absolute Gasteiger partial charge is 0.389 e. The zero-order valence-electron chi connectivity index (χ0n) is 46.0. The van der Waals surface area contributed by atoms with E-state index in [4.69, 9.17) is 18.9 Å². The lowest BCUT2D eigenvalue weighted by atomic mass is 10.1. The van der Waals surface area contributed by atoms with E-state index >= 15 is 0 Å². The monoisotopic (exact) mass is 973 g/mol. The van der Waals surface area contributed by atoms with Crippen molar-refractivity contribution in [1.29, 1.82) is 0 Å². The predicted octanol–water partition coefficient (Wildman–Crippen LogP) is 13.2. The normalized spacial score (nSPS) is 13.9. The molecule has 0 saturated carbocycles. The molecule has 410 valence electrons. The second-order valence-corrected chi connectivity index (χ2v) is 20.7. The number of ether oxygens (including phenoxy) is 4. The molecule has 10 nitrogen and oxygen atoms in total. The minimum atomic E-state index is -0.697. The number of aliphatic hydroxyl groups is 4. The van der Waals surface area contributed by atoms with Crippen LogP contribution < -0.4 is 0 Å². The lowest BCUT2D eigenvalue weighted by molar-refractivity contribution is -0.0244. The van der Waals surface area contributed by atoms with Gasteiger partial charge in [-0.1, -0.05) is 233 Å². The highest BCUT2D eigenvalue weighted by atomic mass is 16.5. The molecule has 4 atom stereocenters. The van der Waals surface area contributed by atoms with Gasteiger partial charge in [0.1, 0.15) is 0 Å². The zero-order valence-corrected chi connectivity index (χ0v) is 46.0. The first-order chi connectivity index (χ1) is 33.4. The van der Waals surface area contributed by atoms with Crippen molar-refractivity contribution in [2.24, 2.45) is 0 Å². The van der Waals surface area contributed by atoms with Crippen LogP contribution in [-0.2, 0) is 18.9 Å².